The standard InChI is InChI=1S/C22H30N4O4/c27-21-19-4-3-18(11-20(19)23-16-26(21)12-17-1-2-17)25-7-5-24(6-8-25)13-22(28)14-29-9-10-30-15-22/h3-4,11,16-17,28H,1-2,5-10,12-15H2. The molecule has 2 aromatic rings. The van der Waals surface area contributed by atoms with E-state index in [1.165, 1.54) is 12.8 Å². The van der Waals surface area contributed by atoms with Crippen LogP contribution in [-0.2, 0) is 16.0 Å². The second kappa shape index (κ2) is 8.26. The van der Waals surface area contributed by atoms with Crippen LogP contribution in [0.2, 0.25) is 0 Å². The summed E-state index contributed by atoms with van der Waals surface area (Å²) in [5.74, 6) is 0.645. The number of hydrogen-bond donors (Lipinski definition) is 1. The van der Waals surface area contributed by atoms with E-state index in [0.29, 0.717) is 44.3 Å². The number of anilines is 1. The number of hydrogen-bond acceptors (Lipinski definition) is 7. The Hall–Kier alpha value is -2.00. The monoisotopic (exact) mass is 414 g/mol. The molecule has 3 fully saturated rings. The normalized spacial score (nSPS) is 22.9. The van der Waals surface area contributed by atoms with Gasteiger partial charge in [0.2, 0.25) is 0 Å². The zero-order valence-corrected chi connectivity index (χ0v) is 17.3. The van der Waals surface area contributed by atoms with Crippen molar-refractivity contribution in [2.24, 2.45) is 5.92 Å². The predicted octanol–water partition coefficient (Wildman–Crippen LogP) is 0.706. The van der Waals surface area contributed by atoms with Crippen molar-refractivity contribution in [2.75, 3.05) is 64.1 Å². The smallest absolute Gasteiger partial charge is 0.261 e. The molecule has 0 radical (unpaired) electrons. The van der Waals surface area contributed by atoms with Crippen molar-refractivity contribution in [1.29, 1.82) is 0 Å². The van der Waals surface area contributed by atoms with Crippen LogP contribution in [0.4, 0.5) is 5.69 Å². The molecule has 2 saturated heterocycles. The van der Waals surface area contributed by atoms with Crippen LogP contribution in [-0.4, -0.2) is 84.3 Å². The average Bonchev–Trinajstić information content (AvgIpc) is 3.59. The van der Waals surface area contributed by atoms with Crippen LogP contribution in [0.3, 0.4) is 0 Å². The van der Waals surface area contributed by atoms with Gasteiger partial charge >= 0.3 is 0 Å². The van der Waals surface area contributed by atoms with Crippen LogP contribution in [0, 0.1) is 5.92 Å². The summed E-state index contributed by atoms with van der Waals surface area (Å²) in [7, 11) is 0. The van der Waals surface area contributed by atoms with Crippen LogP contribution >= 0.6 is 0 Å². The van der Waals surface area contributed by atoms with E-state index in [0.717, 1.165) is 43.9 Å². The second-order valence-electron chi connectivity index (χ2n) is 8.94. The number of piperazine rings is 1. The zero-order valence-electron chi connectivity index (χ0n) is 17.3. The van der Waals surface area contributed by atoms with Crippen LogP contribution in [0.25, 0.3) is 10.9 Å². The SMILES string of the molecule is O=c1c2ccc(N3CCN(CC4(O)COCCOC4)CC3)cc2ncn1CC1CC1. The molecule has 0 amide bonds. The number of ether oxygens (including phenoxy) is 2. The van der Waals surface area contributed by atoms with Gasteiger partial charge in [-0.05, 0) is 37.0 Å². The lowest BCUT2D eigenvalue weighted by atomic mass is 10.1. The maximum atomic E-state index is 12.7. The molecule has 5 rings (SSSR count). The Morgan fingerprint density at radius 1 is 1.10 bits per heavy atom. The molecular formula is C22H30N4O4. The molecule has 3 heterocycles. The summed E-state index contributed by atoms with van der Waals surface area (Å²) in [6.45, 7) is 6.51. The van der Waals surface area contributed by atoms with Gasteiger partial charge in [-0.15, -0.1) is 0 Å². The highest BCUT2D eigenvalue weighted by molar-refractivity contribution is 5.81. The first-order valence-electron chi connectivity index (χ1n) is 10.9. The van der Waals surface area contributed by atoms with Gasteiger partial charge in [0.15, 0.2) is 0 Å². The van der Waals surface area contributed by atoms with Gasteiger partial charge < -0.3 is 19.5 Å². The van der Waals surface area contributed by atoms with E-state index >= 15 is 0 Å². The second-order valence-corrected chi connectivity index (χ2v) is 8.94. The Morgan fingerprint density at radius 3 is 2.53 bits per heavy atom. The highest BCUT2D eigenvalue weighted by atomic mass is 16.6. The number of aliphatic hydroxyl groups is 1. The molecule has 2 aliphatic heterocycles. The summed E-state index contributed by atoms with van der Waals surface area (Å²) in [6, 6.07) is 5.97. The lowest BCUT2D eigenvalue weighted by molar-refractivity contribution is -0.0746. The number of benzene rings is 1. The van der Waals surface area contributed by atoms with Gasteiger partial charge in [0.05, 0.1) is 43.7 Å². The van der Waals surface area contributed by atoms with E-state index in [1.54, 1.807) is 10.9 Å². The first kappa shape index (κ1) is 19.9. The van der Waals surface area contributed by atoms with Crippen molar-refractivity contribution >= 4 is 16.6 Å². The number of fused-ring (bicyclic) bond motifs is 1. The highest BCUT2D eigenvalue weighted by Gasteiger charge is 2.33. The minimum Gasteiger partial charge on any atom is -0.384 e. The molecule has 0 unspecified atom stereocenters. The maximum absolute atomic E-state index is 12.7. The molecule has 1 N–H and O–H groups in total. The maximum Gasteiger partial charge on any atom is 0.261 e. The van der Waals surface area contributed by atoms with E-state index in [4.69, 9.17) is 9.47 Å². The van der Waals surface area contributed by atoms with E-state index in [9.17, 15) is 9.90 Å². The molecule has 8 nitrogen and oxygen atoms in total. The first-order valence-corrected chi connectivity index (χ1v) is 10.9. The minimum absolute atomic E-state index is 0.0596. The summed E-state index contributed by atoms with van der Waals surface area (Å²) in [4.78, 5) is 21.9. The van der Waals surface area contributed by atoms with Gasteiger partial charge in [-0.2, -0.15) is 0 Å². The number of rotatable bonds is 5. The third kappa shape index (κ3) is 4.37. The molecule has 0 atom stereocenters. The molecule has 8 heteroatoms. The summed E-state index contributed by atoms with van der Waals surface area (Å²) in [6.07, 6.45) is 4.13. The third-order valence-electron chi connectivity index (χ3n) is 6.33. The van der Waals surface area contributed by atoms with E-state index in [2.05, 4.69) is 14.8 Å². The van der Waals surface area contributed by atoms with Crippen molar-refractivity contribution in [1.82, 2.24) is 14.5 Å². The van der Waals surface area contributed by atoms with Gasteiger partial charge in [-0.3, -0.25) is 14.3 Å². The quantitative estimate of drug-likeness (QED) is 0.772. The van der Waals surface area contributed by atoms with Gasteiger partial charge in [-0.1, -0.05) is 0 Å². The van der Waals surface area contributed by atoms with Crippen molar-refractivity contribution in [3.63, 3.8) is 0 Å². The van der Waals surface area contributed by atoms with E-state index in [-0.39, 0.29) is 5.56 Å². The van der Waals surface area contributed by atoms with Gasteiger partial charge in [0.1, 0.15) is 5.60 Å². The van der Waals surface area contributed by atoms with Crippen molar-refractivity contribution in [3.05, 3.63) is 34.9 Å². The Balaban J connectivity index is 1.23. The summed E-state index contributed by atoms with van der Waals surface area (Å²) >= 11 is 0. The zero-order chi connectivity index (χ0) is 20.6. The van der Waals surface area contributed by atoms with Crippen LogP contribution in [0.1, 0.15) is 12.8 Å². The summed E-state index contributed by atoms with van der Waals surface area (Å²) < 4.78 is 12.7. The summed E-state index contributed by atoms with van der Waals surface area (Å²) in [5, 5.41) is 11.5. The molecule has 1 aliphatic carbocycles. The first-order chi connectivity index (χ1) is 14.6. The Labute approximate surface area is 176 Å². The van der Waals surface area contributed by atoms with E-state index in [1.807, 2.05) is 18.2 Å². The number of β-amino-alcohol motifs (C(OH)–C–C–N with tert-alkyl or cyclic N) is 1. The van der Waals surface area contributed by atoms with Gasteiger partial charge in [0, 0.05) is 45.0 Å². The van der Waals surface area contributed by atoms with Crippen molar-refractivity contribution in [2.45, 2.75) is 25.0 Å². The molecular weight excluding hydrogens is 384 g/mol. The molecule has 162 valence electrons. The molecule has 1 saturated carbocycles. The molecule has 1 aromatic carbocycles. The number of aromatic nitrogens is 2. The van der Waals surface area contributed by atoms with Crippen LogP contribution < -0.4 is 10.5 Å². The largest absolute Gasteiger partial charge is 0.384 e. The molecule has 30 heavy (non-hydrogen) atoms. The fourth-order valence-electron chi connectivity index (χ4n) is 4.41. The Morgan fingerprint density at radius 2 is 1.83 bits per heavy atom. The van der Waals surface area contributed by atoms with Gasteiger partial charge in [-0.25, -0.2) is 4.98 Å². The minimum atomic E-state index is -0.939. The van der Waals surface area contributed by atoms with E-state index < -0.39 is 5.60 Å². The van der Waals surface area contributed by atoms with Crippen molar-refractivity contribution in [3.8, 4) is 0 Å². The Kier molecular flexibility index (Phi) is 5.49. The lowest BCUT2D eigenvalue weighted by Crippen LogP contribution is -2.54. The molecule has 3 aliphatic rings. The highest BCUT2D eigenvalue weighted by Crippen LogP contribution is 2.30. The van der Waals surface area contributed by atoms with Crippen LogP contribution in [0.5, 0.6) is 0 Å². The topological polar surface area (TPSA) is 80.1 Å². The average molecular weight is 415 g/mol. The van der Waals surface area contributed by atoms with Gasteiger partial charge in [0.25, 0.3) is 5.56 Å². The third-order valence-corrected chi connectivity index (χ3v) is 6.33. The fourth-order valence-corrected chi connectivity index (χ4v) is 4.41. The number of nitrogens with zero attached hydrogens (tertiary/aromatic N) is 4. The molecule has 0 bridgehead atoms. The summed E-state index contributed by atoms with van der Waals surface area (Å²) in [5.41, 5.74) is 0.971. The Bertz CT molecular complexity index is 942. The predicted molar refractivity (Wildman–Crippen MR) is 114 cm³/mol. The lowest BCUT2D eigenvalue weighted by Gasteiger charge is -2.39. The molecule has 0 spiro atoms. The fraction of sp³-hybridized carbons (Fsp3) is 0.636. The van der Waals surface area contributed by atoms with Crippen LogP contribution in [0.15, 0.2) is 29.3 Å². The molecule has 1 aromatic heterocycles. The van der Waals surface area contributed by atoms with Crippen molar-refractivity contribution < 1.29 is 14.6 Å².